The van der Waals surface area contributed by atoms with Crippen LogP contribution in [0.25, 0.3) is 0 Å². The Morgan fingerprint density at radius 2 is 2.53 bits per heavy atom. The Hall–Kier alpha value is -0.870. The van der Waals surface area contributed by atoms with E-state index in [1.807, 2.05) is 6.92 Å². The highest BCUT2D eigenvalue weighted by molar-refractivity contribution is 7.14. The molecular formula is C11H14O3S. The van der Waals surface area contributed by atoms with E-state index in [4.69, 9.17) is 9.84 Å². The maximum absolute atomic E-state index is 10.9. The first-order valence-electron chi connectivity index (χ1n) is 5.20. The van der Waals surface area contributed by atoms with Gasteiger partial charge in [-0.15, -0.1) is 11.3 Å². The molecule has 1 aliphatic rings. The predicted octanol–water partition coefficient (Wildman–Crippen LogP) is 2.86. The highest BCUT2D eigenvalue weighted by Crippen LogP contribution is 2.37. The van der Waals surface area contributed by atoms with E-state index in [-0.39, 0.29) is 6.10 Å². The minimum absolute atomic E-state index is 0.114. The van der Waals surface area contributed by atoms with Gasteiger partial charge in [-0.25, -0.2) is 4.79 Å². The lowest BCUT2D eigenvalue weighted by molar-refractivity contribution is 0.0506. The first kappa shape index (κ1) is 10.6. The number of fused-ring (bicyclic) bond motifs is 1. The maximum atomic E-state index is 10.9. The van der Waals surface area contributed by atoms with Crippen molar-refractivity contribution >= 4 is 17.3 Å². The topological polar surface area (TPSA) is 46.5 Å². The molecule has 0 saturated carbocycles. The van der Waals surface area contributed by atoms with E-state index in [0.717, 1.165) is 24.8 Å². The molecule has 2 rings (SSSR count). The summed E-state index contributed by atoms with van der Waals surface area (Å²) in [6, 6.07) is 1.78. The van der Waals surface area contributed by atoms with Crippen molar-refractivity contribution in [3.63, 3.8) is 0 Å². The van der Waals surface area contributed by atoms with Gasteiger partial charge in [0.1, 0.15) is 4.88 Å². The quantitative estimate of drug-likeness (QED) is 0.862. The summed E-state index contributed by atoms with van der Waals surface area (Å²) in [6.07, 6.45) is 3.22. The van der Waals surface area contributed by atoms with E-state index in [0.29, 0.717) is 11.5 Å². The third-order valence-electron chi connectivity index (χ3n) is 2.64. The summed E-state index contributed by atoms with van der Waals surface area (Å²) in [5.74, 6) is -0.829. The molecule has 1 aromatic heterocycles. The van der Waals surface area contributed by atoms with Crippen molar-refractivity contribution in [1.29, 1.82) is 0 Å². The Labute approximate surface area is 92.7 Å². The molecule has 1 N–H and O–H groups in total. The van der Waals surface area contributed by atoms with Gasteiger partial charge in [-0.3, -0.25) is 0 Å². The Morgan fingerprint density at radius 1 is 1.73 bits per heavy atom. The van der Waals surface area contributed by atoms with Crippen LogP contribution < -0.4 is 0 Å². The normalized spacial score (nSPS) is 19.9. The summed E-state index contributed by atoms with van der Waals surface area (Å²) in [6.45, 7) is 2.65. The van der Waals surface area contributed by atoms with Crippen molar-refractivity contribution in [3.05, 3.63) is 21.4 Å². The molecule has 82 valence electrons. The van der Waals surface area contributed by atoms with Crippen molar-refractivity contribution < 1.29 is 14.6 Å². The Balaban J connectivity index is 2.30. The second-order valence-corrected chi connectivity index (χ2v) is 4.77. The highest BCUT2D eigenvalue weighted by atomic mass is 32.1. The van der Waals surface area contributed by atoms with Crippen LogP contribution in [0.1, 0.15) is 46.0 Å². The lowest BCUT2D eigenvalue weighted by Crippen LogP contribution is -2.10. The van der Waals surface area contributed by atoms with Gasteiger partial charge in [-0.05, 0) is 37.8 Å². The fourth-order valence-electron chi connectivity index (χ4n) is 1.99. The van der Waals surface area contributed by atoms with Gasteiger partial charge in [0, 0.05) is 11.5 Å². The zero-order valence-corrected chi connectivity index (χ0v) is 9.47. The minimum atomic E-state index is -0.829. The van der Waals surface area contributed by atoms with Gasteiger partial charge >= 0.3 is 5.97 Å². The molecule has 4 heteroatoms. The summed E-state index contributed by atoms with van der Waals surface area (Å²) >= 11 is 1.39. The van der Waals surface area contributed by atoms with Gasteiger partial charge in [0.25, 0.3) is 0 Å². The molecule has 0 fully saturated rings. The molecule has 1 aromatic rings. The SMILES string of the molecule is CCOC1CCCc2sc(C(=O)O)cc21. The fourth-order valence-corrected chi connectivity index (χ4v) is 3.09. The molecule has 1 atom stereocenters. The molecule has 0 amide bonds. The summed E-state index contributed by atoms with van der Waals surface area (Å²) in [7, 11) is 0. The molecule has 0 aliphatic heterocycles. The third-order valence-corrected chi connectivity index (χ3v) is 3.84. The zero-order chi connectivity index (χ0) is 10.8. The summed E-state index contributed by atoms with van der Waals surface area (Å²) < 4.78 is 5.62. The number of thiophene rings is 1. The average Bonchev–Trinajstić information content (AvgIpc) is 2.63. The van der Waals surface area contributed by atoms with Gasteiger partial charge in [-0.2, -0.15) is 0 Å². The number of carbonyl (C=O) groups is 1. The van der Waals surface area contributed by atoms with Gasteiger partial charge in [0.2, 0.25) is 0 Å². The Morgan fingerprint density at radius 3 is 3.20 bits per heavy atom. The fraction of sp³-hybridized carbons (Fsp3) is 0.545. The standard InChI is InChI=1S/C11H14O3S/c1-2-14-8-4-3-5-9-7(8)6-10(15-9)11(12)13/h6,8H,2-5H2,1H3,(H,12,13). The van der Waals surface area contributed by atoms with Gasteiger partial charge < -0.3 is 9.84 Å². The third kappa shape index (κ3) is 2.06. The molecule has 0 radical (unpaired) electrons. The second-order valence-electron chi connectivity index (χ2n) is 3.63. The summed E-state index contributed by atoms with van der Waals surface area (Å²) in [5.41, 5.74) is 1.10. The molecule has 1 unspecified atom stereocenters. The first-order valence-corrected chi connectivity index (χ1v) is 6.01. The number of rotatable bonds is 3. The molecule has 0 spiro atoms. The largest absolute Gasteiger partial charge is 0.477 e. The maximum Gasteiger partial charge on any atom is 0.345 e. The lowest BCUT2D eigenvalue weighted by Gasteiger charge is -2.21. The monoisotopic (exact) mass is 226 g/mol. The van der Waals surface area contributed by atoms with E-state index in [9.17, 15) is 4.79 Å². The summed E-state index contributed by atoms with van der Waals surface area (Å²) in [4.78, 5) is 12.5. The molecule has 1 heterocycles. The van der Waals surface area contributed by atoms with Crippen LogP contribution in [0.2, 0.25) is 0 Å². The van der Waals surface area contributed by atoms with E-state index in [1.54, 1.807) is 6.07 Å². The number of hydrogen-bond acceptors (Lipinski definition) is 3. The van der Waals surface area contributed by atoms with Crippen molar-refractivity contribution in [1.82, 2.24) is 0 Å². The van der Waals surface area contributed by atoms with Crippen LogP contribution in [-0.4, -0.2) is 17.7 Å². The van der Waals surface area contributed by atoms with Crippen molar-refractivity contribution in [2.24, 2.45) is 0 Å². The van der Waals surface area contributed by atoms with Crippen LogP contribution in [-0.2, 0) is 11.2 Å². The Kier molecular flexibility index (Phi) is 3.07. The minimum Gasteiger partial charge on any atom is -0.477 e. The first-order chi connectivity index (χ1) is 7.22. The molecular weight excluding hydrogens is 212 g/mol. The molecule has 0 aromatic carbocycles. The lowest BCUT2D eigenvalue weighted by atomic mass is 9.96. The van der Waals surface area contributed by atoms with Crippen molar-refractivity contribution in [2.75, 3.05) is 6.61 Å². The molecule has 0 bridgehead atoms. The van der Waals surface area contributed by atoms with Crippen LogP contribution in [0.4, 0.5) is 0 Å². The predicted molar refractivity (Wildman–Crippen MR) is 58.6 cm³/mol. The van der Waals surface area contributed by atoms with E-state index >= 15 is 0 Å². The number of carboxylic acid groups (broad SMARTS) is 1. The second kappa shape index (κ2) is 4.33. The van der Waals surface area contributed by atoms with E-state index in [2.05, 4.69) is 0 Å². The smallest absolute Gasteiger partial charge is 0.345 e. The Bertz CT molecular complexity index is 370. The van der Waals surface area contributed by atoms with Gasteiger partial charge in [0.15, 0.2) is 0 Å². The average molecular weight is 226 g/mol. The van der Waals surface area contributed by atoms with Crippen LogP contribution in [0.3, 0.4) is 0 Å². The van der Waals surface area contributed by atoms with Gasteiger partial charge in [0.05, 0.1) is 6.10 Å². The molecule has 1 aliphatic carbocycles. The van der Waals surface area contributed by atoms with E-state index in [1.165, 1.54) is 16.2 Å². The van der Waals surface area contributed by atoms with Crippen molar-refractivity contribution in [2.45, 2.75) is 32.3 Å². The molecule has 3 nitrogen and oxygen atoms in total. The van der Waals surface area contributed by atoms with Crippen molar-refractivity contribution in [3.8, 4) is 0 Å². The highest BCUT2D eigenvalue weighted by Gasteiger charge is 2.24. The van der Waals surface area contributed by atoms with Crippen LogP contribution in [0.5, 0.6) is 0 Å². The molecule has 15 heavy (non-hydrogen) atoms. The van der Waals surface area contributed by atoms with Gasteiger partial charge in [-0.1, -0.05) is 0 Å². The number of hydrogen-bond donors (Lipinski definition) is 1. The summed E-state index contributed by atoms with van der Waals surface area (Å²) in [5, 5.41) is 8.92. The number of aryl methyl sites for hydroxylation is 1. The van der Waals surface area contributed by atoms with Crippen LogP contribution in [0, 0.1) is 0 Å². The number of ether oxygens (including phenoxy) is 1. The molecule has 0 saturated heterocycles. The van der Waals surface area contributed by atoms with E-state index < -0.39 is 5.97 Å². The zero-order valence-electron chi connectivity index (χ0n) is 8.66. The number of carboxylic acids is 1. The van der Waals surface area contributed by atoms with Crippen LogP contribution in [0.15, 0.2) is 6.07 Å². The number of aromatic carboxylic acids is 1. The van der Waals surface area contributed by atoms with Crippen LogP contribution >= 0.6 is 11.3 Å².